The molecule has 0 N–H and O–H groups in total. The van der Waals surface area contributed by atoms with Crippen LogP contribution >= 0.6 is 11.6 Å². The zero-order valence-electron chi connectivity index (χ0n) is 16.1. The van der Waals surface area contributed by atoms with Gasteiger partial charge in [0.2, 0.25) is 5.91 Å². The SMILES string of the molecule is CCc1cc(=O)n(CC(=O)N2C[C@@H](C)C[C@H](C)C2)c(-c2cccc(Cl)c2)n1. The largest absolute Gasteiger partial charge is 0.341 e. The van der Waals surface area contributed by atoms with Crippen molar-refractivity contribution in [2.45, 2.75) is 40.2 Å². The summed E-state index contributed by atoms with van der Waals surface area (Å²) in [4.78, 5) is 32.2. The van der Waals surface area contributed by atoms with Crippen LogP contribution in [0.1, 0.15) is 32.9 Å². The summed E-state index contributed by atoms with van der Waals surface area (Å²) in [5.41, 5.74) is 1.24. The maximum atomic E-state index is 12.9. The summed E-state index contributed by atoms with van der Waals surface area (Å²) in [7, 11) is 0. The van der Waals surface area contributed by atoms with Gasteiger partial charge in [-0.05, 0) is 36.8 Å². The van der Waals surface area contributed by atoms with Crippen molar-refractivity contribution < 1.29 is 4.79 Å². The molecule has 1 saturated heterocycles. The Morgan fingerprint density at radius 1 is 1.22 bits per heavy atom. The highest BCUT2D eigenvalue weighted by Gasteiger charge is 2.26. The second-order valence-electron chi connectivity index (χ2n) is 7.60. The van der Waals surface area contributed by atoms with E-state index in [1.54, 1.807) is 12.1 Å². The molecule has 2 aromatic rings. The molecule has 2 heterocycles. The number of rotatable bonds is 4. The van der Waals surface area contributed by atoms with E-state index in [9.17, 15) is 9.59 Å². The van der Waals surface area contributed by atoms with Crippen LogP contribution in [0.3, 0.4) is 0 Å². The summed E-state index contributed by atoms with van der Waals surface area (Å²) in [6.45, 7) is 7.76. The van der Waals surface area contributed by atoms with Gasteiger partial charge in [0.05, 0.1) is 0 Å². The highest BCUT2D eigenvalue weighted by Crippen LogP contribution is 2.23. The molecule has 1 amide bonds. The van der Waals surface area contributed by atoms with Crippen molar-refractivity contribution in [2.75, 3.05) is 13.1 Å². The fraction of sp³-hybridized carbons (Fsp3) is 0.476. The first kappa shape index (κ1) is 19.6. The number of benzene rings is 1. The van der Waals surface area contributed by atoms with Crippen molar-refractivity contribution in [1.82, 2.24) is 14.5 Å². The number of nitrogens with zero attached hydrogens (tertiary/aromatic N) is 3. The van der Waals surface area contributed by atoms with E-state index in [0.717, 1.165) is 25.1 Å². The quantitative estimate of drug-likeness (QED) is 0.804. The van der Waals surface area contributed by atoms with Crippen LogP contribution < -0.4 is 5.56 Å². The van der Waals surface area contributed by atoms with Crippen molar-refractivity contribution in [2.24, 2.45) is 11.8 Å². The molecule has 27 heavy (non-hydrogen) atoms. The molecule has 0 aliphatic carbocycles. The van der Waals surface area contributed by atoms with Crippen molar-refractivity contribution >= 4 is 17.5 Å². The summed E-state index contributed by atoms with van der Waals surface area (Å²) in [6, 6.07) is 8.75. The lowest BCUT2D eigenvalue weighted by Gasteiger charge is -2.35. The van der Waals surface area contributed by atoms with Crippen LogP contribution in [0.15, 0.2) is 35.1 Å². The van der Waals surface area contributed by atoms with E-state index in [2.05, 4.69) is 18.8 Å². The zero-order chi connectivity index (χ0) is 19.6. The number of carbonyl (C=O) groups excluding carboxylic acids is 1. The number of halogens is 1. The molecule has 1 aromatic carbocycles. The van der Waals surface area contributed by atoms with Gasteiger partial charge in [-0.25, -0.2) is 4.98 Å². The number of hydrogen-bond donors (Lipinski definition) is 0. The first-order valence-corrected chi connectivity index (χ1v) is 9.89. The standard InChI is InChI=1S/C21H26ClN3O2/c1-4-18-10-19(26)25(21(23-18)16-6-5-7-17(22)9-16)13-20(27)24-11-14(2)8-15(3)12-24/h5-7,9-10,14-15H,4,8,11-13H2,1-3H3/t14-,15-/m0/s1. The van der Waals surface area contributed by atoms with Gasteiger partial charge in [0.1, 0.15) is 12.4 Å². The van der Waals surface area contributed by atoms with E-state index in [-0.39, 0.29) is 18.0 Å². The summed E-state index contributed by atoms with van der Waals surface area (Å²) in [6.07, 6.45) is 1.78. The predicted molar refractivity (Wildman–Crippen MR) is 108 cm³/mol. The van der Waals surface area contributed by atoms with Crippen LogP contribution in [-0.2, 0) is 17.8 Å². The molecule has 1 aromatic heterocycles. The number of aromatic nitrogens is 2. The minimum absolute atomic E-state index is 0.00286. The van der Waals surface area contributed by atoms with Crippen LogP contribution in [0.4, 0.5) is 0 Å². The van der Waals surface area contributed by atoms with Gasteiger partial charge in [0.15, 0.2) is 0 Å². The molecule has 3 rings (SSSR count). The third-order valence-corrected chi connectivity index (χ3v) is 5.26. The Bertz CT molecular complexity index is 883. The number of likely N-dealkylation sites (tertiary alicyclic amines) is 1. The van der Waals surface area contributed by atoms with Crippen LogP contribution in [0.5, 0.6) is 0 Å². The highest BCUT2D eigenvalue weighted by molar-refractivity contribution is 6.30. The molecule has 0 bridgehead atoms. The van der Waals surface area contributed by atoms with E-state index >= 15 is 0 Å². The molecular formula is C21H26ClN3O2. The summed E-state index contributed by atoms with van der Waals surface area (Å²) < 4.78 is 1.47. The van der Waals surface area contributed by atoms with E-state index in [4.69, 9.17) is 11.6 Å². The Labute approximate surface area is 165 Å². The van der Waals surface area contributed by atoms with Gasteiger partial charge in [-0.1, -0.05) is 44.5 Å². The summed E-state index contributed by atoms with van der Waals surface area (Å²) in [5, 5.41) is 0.570. The number of hydrogen-bond acceptors (Lipinski definition) is 3. The van der Waals surface area contributed by atoms with Gasteiger partial charge in [0.25, 0.3) is 5.56 Å². The second-order valence-corrected chi connectivity index (χ2v) is 8.04. The number of piperidine rings is 1. The smallest absolute Gasteiger partial charge is 0.254 e. The number of carbonyl (C=O) groups is 1. The van der Waals surface area contributed by atoms with Gasteiger partial charge in [0, 0.05) is 35.4 Å². The Morgan fingerprint density at radius 3 is 2.56 bits per heavy atom. The predicted octanol–water partition coefficient (Wildman–Crippen LogP) is 3.63. The van der Waals surface area contributed by atoms with Gasteiger partial charge in [-0.3, -0.25) is 14.2 Å². The monoisotopic (exact) mass is 387 g/mol. The molecule has 0 radical (unpaired) electrons. The fourth-order valence-corrected chi connectivity index (χ4v) is 4.03. The van der Waals surface area contributed by atoms with Gasteiger partial charge in [-0.2, -0.15) is 0 Å². The lowest BCUT2D eigenvalue weighted by molar-refractivity contribution is -0.134. The topological polar surface area (TPSA) is 55.2 Å². The maximum absolute atomic E-state index is 12.9. The van der Waals surface area contributed by atoms with E-state index in [1.807, 2.05) is 24.0 Å². The van der Waals surface area contributed by atoms with E-state index < -0.39 is 0 Å². The minimum Gasteiger partial charge on any atom is -0.341 e. The molecule has 0 unspecified atom stereocenters. The van der Waals surface area contributed by atoms with Crippen LogP contribution in [-0.4, -0.2) is 33.4 Å². The fourth-order valence-electron chi connectivity index (χ4n) is 3.84. The van der Waals surface area contributed by atoms with Crippen LogP contribution in [0.25, 0.3) is 11.4 Å². The lowest BCUT2D eigenvalue weighted by Crippen LogP contribution is -2.45. The third kappa shape index (κ3) is 4.59. The van der Waals surface area contributed by atoms with Gasteiger partial charge < -0.3 is 4.90 Å². The molecule has 1 aliphatic heterocycles. The normalized spacial score (nSPS) is 19.9. The van der Waals surface area contributed by atoms with Crippen molar-refractivity contribution in [1.29, 1.82) is 0 Å². The number of amides is 1. The van der Waals surface area contributed by atoms with Crippen molar-refractivity contribution in [3.63, 3.8) is 0 Å². The first-order valence-electron chi connectivity index (χ1n) is 9.51. The van der Waals surface area contributed by atoms with Crippen LogP contribution in [0, 0.1) is 11.8 Å². The van der Waals surface area contributed by atoms with Crippen molar-refractivity contribution in [3.05, 3.63) is 51.4 Å². The molecule has 2 atom stereocenters. The number of aryl methyl sites for hydroxylation is 1. The first-order chi connectivity index (χ1) is 12.9. The van der Waals surface area contributed by atoms with Crippen LogP contribution in [0.2, 0.25) is 5.02 Å². The molecule has 6 heteroatoms. The highest BCUT2D eigenvalue weighted by atomic mass is 35.5. The Balaban J connectivity index is 1.97. The van der Waals surface area contributed by atoms with Gasteiger partial charge in [-0.15, -0.1) is 0 Å². The van der Waals surface area contributed by atoms with E-state index in [1.165, 1.54) is 10.6 Å². The van der Waals surface area contributed by atoms with E-state index in [0.29, 0.717) is 34.8 Å². The zero-order valence-corrected chi connectivity index (χ0v) is 16.9. The molecule has 5 nitrogen and oxygen atoms in total. The summed E-state index contributed by atoms with van der Waals surface area (Å²) >= 11 is 6.13. The molecule has 1 fully saturated rings. The Kier molecular flexibility index (Phi) is 6.00. The molecule has 0 saturated carbocycles. The molecule has 1 aliphatic rings. The lowest BCUT2D eigenvalue weighted by atomic mass is 9.92. The van der Waals surface area contributed by atoms with Crippen molar-refractivity contribution in [3.8, 4) is 11.4 Å². The second kappa shape index (κ2) is 8.26. The molecule has 144 valence electrons. The molecular weight excluding hydrogens is 362 g/mol. The Hall–Kier alpha value is -2.14. The average Bonchev–Trinajstić information content (AvgIpc) is 2.62. The minimum atomic E-state index is -0.205. The third-order valence-electron chi connectivity index (χ3n) is 5.02. The van der Waals surface area contributed by atoms with Gasteiger partial charge >= 0.3 is 0 Å². The molecule has 0 spiro atoms. The maximum Gasteiger partial charge on any atom is 0.254 e. The Morgan fingerprint density at radius 2 is 1.93 bits per heavy atom. The summed E-state index contributed by atoms with van der Waals surface area (Å²) in [5.74, 6) is 1.41. The average molecular weight is 388 g/mol.